The average Bonchev–Trinajstić information content (AvgIpc) is 3.20. The highest BCUT2D eigenvalue weighted by molar-refractivity contribution is 6.07. The van der Waals surface area contributed by atoms with E-state index in [0.717, 1.165) is 28.8 Å². The number of carbonyl (C=O) groups excluding carboxylic acids is 2. The lowest BCUT2D eigenvalue weighted by molar-refractivity contribution is 0.0989. The molecule has 152 valence electrons. The van der Waals surface area contributed by atoms with Crippen molar-refractivity contribution in [2.24, 2.45) is 0 Å². The monoisotopic (exact) mass is 399 g/mol. The first-order chi connectivity index (χ1) is 14.6. The van der Waals surface area contributed by atoms with Crippen molar-refractivity contribution in [3.05, 3.63) is 101 Å². The minimum atomic E-state index is -0.197. The van der Waals surface area contributed by atoms with Crippen LogP contribution in [-0.4, -0.2) is 18.5 Å². The van der Waals surface area contributed by atoms with Crippen molar-refractivity contribution in [1.29, 1.82) is 0 Å². The van der Waals surface area contributed by atoms with Crippen molar-refractivity contribution in [1.82, 2.24) is 10.6 Å². The number of amides is 3. The minimum absolute atomic E-state index is 0.0238. The number of benzene rings is 3. The van der Waals surface area contributed by atoms with Crippen molar-refractivity contribution in [3.63, 3.8) is 0 Å². The van der Waals surface area contributed by atoms with E-state index < -0.39 is 0 Å². The summed E-state index contributed by atoms with van der Waals surface area (Å²) in [6.45, 7) is 3.65. The van der Waals surface area contributed by atoms with Crippen LogP contribution in [0.2, 0.25) is 0 Å². The lowest BCUT2D eigenvalue weighted by Gasteiger charge is -2.17. The van der Waals surface area contributed by atoms with Gasteiger partial charge >= 0.3 is 6.03 Å². The number of urea groups is 1. The van der Waals surface area contributed by atoms with Crippen LogP contribution >= 0.6 is 0 Å². The summed E-state index contributed by atoms with van der Waals surface area (Å²) >= 11 is 0. The van der Waals surface area contributed by atoms with Crippen molar-refractivity contribution >= 4 is 17.6 Å². The molecule has 0 bridgehead atoms. The van der Waals surface area contributed by atoms with Crippen LogP contribution in [0.15, 0.2) is 72.8 Å². The molecule has 1 aliphatic heterocycles. The van der Waals surface area contributed by atoms with Gasteiger partial charge in [-0.2, -0.15) is 0 Å². The van der Waals surface area contributed by atoms with E-state index in [2.05, 4.69) is 16.7 Å². The number of anilines is 1. The van der Waals surface area contributed by atoms with Crippen LogP contribution in [0.3, 0.4) is 0 Å². The molecule has 0 saturated carbocycles. The van der Waals surface area contributed by atoms with Crippen molar-refractivity contribution in [3.8, 4) is 0 Å². The van der Waals surface area contributed by atoms with Gasteiger partial charge < -0.3 is 15.5 Å². The van der Waals surface area contributed by atoms with Gasteiger partial charge in [0.2, 0.25) is 0 Å². The summed E-state index contributed by atoms with van der Waals surface area (Å²) < 4.78 is 0. The maximum Gasteiger partial charge on any atom is 0.315 e. The standard InChI is InChI=1S/C25H25N3O2/c1-18-7-9-19(10-8-18)16-26-25(30)27-17-20-11-12-23-22(15-20)13-14-28(23)24(29)21-5-3-2-4-6-21/h2-12,15H,13-14,16-17H2,1H3,(H2,26,27,30). The summed E-state index contributed by atoms with van der Waals surface area (Å²) in [5, 5.41) is 5.78. The Morgan fingerprint density at radius 3 is 2.27 bits per heavy atom. The van der Waals surface area contributed by atoms with Gasteiger partial charge in [0.05, 0.1) is 0 Å². The van der Waals surface area contributed by atoms with Gasteiger partial charge in [-0.15, -0.1) is 0 Å². The second kappa shape index (κ2) is 8.82. The predicted octanol–water partition coefficient (Wildman–Crippen LogP) is 4.20. The lowest BCUT2D eigenvalue weighted by Crippen LogP contribution is -2.34. The molecule has 0 unspecified atom stereocenters. The fraction of sp³-hybridized carbons (Fsp3) is 0.200. The zero-order valence-electron chi connectivity index (χ0n) is 17.0. The Kier molecular flexibility index (Phi) is 5.80. The number of nitrogens with one attached hydrogen (secondary N) is 2. The van der Waals surface area contributed by atoms with E-state index in [1.807, 2.05) is 78.6 Å². The first kappa shape index (κ1) is 19.7. The largest absolute Gasteiger partial charge is 0.334 e. The predicted molar refractivity (Wildman–Crippen MR) is 119 cm³/mol. The quantitative estimate of drug-likeness (QED) is 0.676. The van der Waals surface area contributed by atoms with Crippen LogP contribution in [0, 0.1) is 6.92 Å². The van der Waals surface area contributed by atoms with Crippen molar-refractivity contribution in [2.75, 3.05) is 11.4 Å². The van der Waals surface area contributed by atoms with E-state index in [-0.39, 0.29) is 11.9 Å². The third-order valence-electron chi connectivity index (χ3n) is 5.33. The average molecular weight is 399 g/mol. The van der Waals surface area contributed by atoms with E-state index in [1.165, 1.54) is 5.56 Å². The summed E-state index contributed by atoms with van der Waals surface area (Å²) in [5.41, 5.74) is 6.07. The van der Waals surface area contributed by atoms with E-state index in [1.54, 1.807) is 0 Å². The third kappa shape index (κ3) is 4.51. The number of aryl methyl sites for hydroxylation is 1. The van der Waals surface area contributed by atoms with Gasteiger partial charge in [-0.3, -0.25) is 4.79 Å². The highest BCUT2D eigenvalue weighted by atomic mass is 16.2. The third-order valence-corrected chi connectivity index (χ3v) is 5.33. The van der Waals surface area contributed by atoms with Gasteiger partial charge in [0.25, 0.3) is 5.91 Å². The second-order valence-electron chi connectivity index (χ2n) is 7.56. The Morgan fingerprint density at radius 2 is 1.53 bits per heavy atom. The topological polar surface area (TPSA) is 61.4 Å². The summed E-state index contributed by atoms with van der Waals surface area (Å²) in [7, 11) is 0. The maximum absolute atomic E-state index is 12.8. The van der Waals surface area contributed by atoms with Gasteiger partial charge in [0.15, 0.2) is 0 Å². The van der Waals surface area contributed by atoms with Gasteiger partial charge in [0.1, 0.15) is 0 Å². The number of fused-ring (bicyclic) bond motifs is 1. The molecule has 0 atom stereocenters. The van der Waals surface area contributed by atoms with E-state index in [9.17, 15) is 9.59 Å². The number of rotatable bonds is 5. The SMILES string of the molecule is Cc1ccc(CNC(=O)NCc2ccc3c(c2)CCN3C(=O)c2ccccc2)cc1. The molecule has 0 aliphatic carbocycles. The number of hydrogen-bond donors (Lipinski definition) is 2. The van der Waals surface area contributed by atoms with Gasteiger partial charge in [-0.1, -0.05) is 60.2 Å². The number of hydrogen-bond acceptors (Lipinski definition) is 2. The normalized spacial score (nSPS) is 12.4. The molecule has 1 heterocycles. The summed E-state index contributed by atoms with van der Waals surface area (Å²) in [6, 6.07) is 23.3. The molecule has 1 aliphatic rings. The molecule has 5 heteroatoms. The maximum atomic E-state index is 12.8. The molecule has 3 aromatic rings. The zero-order chi connectivity index (χ0) is 20.9. The van der Waals surface area contributed by atoms with Gasteiger partial charge in [0, 0.05) is 30.9 Å². The minimum Gasteiger partial charge on any atom is -0.334 e. The molecule has 2 N–H and O–H groups in total. The molecule has 30 heavy (non-hydrogen) atoms. The molecule has 4 rings (SSSR count). The van der Waals surface area contributed by atoms with Gasteiger partial charge in [-0.25, -0.2) is 4.79 Å². The summed E-state index contributed by atoms with van der Waals surface area (Å²) in [6.07, 6.45) is 0.821. The summed E-state index contributed by atoms with van der Waals surface area (Å²) in [5.74, 6) is 0.0238. The van der Waals surface area contributed by atoms with Crippen LogP contribution in [-0.2, 0) is 19.5 Å². The number of carbonyl (C=O) groups is 2. The second-order valence-corrected chi connectivity index (χ2v) is 7.56. The van der Waals surface area contributed by atoms with E-state index >= 15 is 0 Å². The fourth-order valence-electron chi connectivity index (χ4n) is 3.65. The van der Waals surface area contributed by atoms with E-state index in [4.69, 9.17) is 0 Å². The van der Waals surface area contributed by atoms with Crippen LogP contribution in [0.1, 0.15) is 32.6 Å². The highest BCUT2D eigenvalue weighted by Gasteiger charge is 2.25. The van der Waals surface area contributed by atoms with Crippen LogP contribution < -0.4 is 15.5 Å². The molecule has 0 fully saturated rings. The molecule has 3 aromatic carbocycles. The highest BCUT2D eigenvalue weighted by Crippen LogP contribution is 2.30. The van der Waals surface area contributed by atoms with Crippen LogP contribution in [0.25, 0.3) is 0 Å². The molecule has 5 nitrogen and oxygen atoms in total. The molecule has 0 aromatic heterocycles. The Balaban J connectivity index is 1.33. The van der Waals surface area contributed by atoms with E-state index in [0.29, 0.717) is 25.2 Å². The molecule has 0 saturated heterocycles. The Morgan fingerprint density at radius 1 is 0.867 bits per heavy atom. The molecular formula is C25H25N3O2. The van der Waals surface area contributed by atoms with Crippen LogP contribution in [0.4, 0.5) is 10.5 Å². The Labute approximate surface area is 176 Å². The first-order valence-corrected chi connectivity index (χ1v) is 10.2. The first-order valence-electron chi connectivity index (χ1n) is 10.2. The fourth-order valence-corrected chi connectivity index (χ4v) is 3.65. The van der Waals surface area contributed by atoms with Crippen molar-refractivity contribution in [2.45, 2.75) is 26.4 Å². The smallest absolute Gasteiger partial charge is 0.315 e. The molecule has 0 spiro atoms. The van der Waals surface area contributed by atoms with Crippen molar-refractivity contribution < 1.29 is 9.59 Å². The van der Waals surface area contributed by atoms with Crippen LogP contribution in [0.5, 0.6) is 0 Å². The lowest BCUT2D eigenvalue weighted by atomic mass is 10.1. The van der Waals surface area contributed by atoms with Gasteiger partial charge in [-0.05, 0) is 48.2 Å². The molecule has 0 radical (unpaired) electrons. The zero-order valence-corrected chi connectivity index (χ0v) is 17.0. The molecular weight excluding hydrogens is 374 g/mol. The Bertz CT molecular complexity index is 1050. The number of nitrogens with zero attached hydrogens (tertiary/aromatic N) is 1. The summed E-state index contributed by atoms with van der Waals surface area (Å²) in [4.78, 5) is 26.7. The Hall–Kier alpha value is -3.60. The molecule has 3 amide bonds.